The van der Waals surface area contributed by atoms with Crippen LogP contribution in [0.3, 0.4) is 0 Å². The average Bonchev–Trinajstić information content (AvgIpc) is 3.23. The quantitative estimate of drug-likeness (QED) is 0.279. The molecule has 2 amide bonds. The first kappa shape index (κ1) is 28.9. The van der Waals surface area contributed by atoms with Gasteiger partial charge in [-0.25, -0.2) is 4.68 Å². The van der Waals surface area contributed by atoms with E-state index in [-0.39, 0.29) is 23.8 Å². The zero-order valence-electron chi connectivity index (χ0n) is 22.2. The van der Waals surface area contributed by atoms with Crippen LogP contribution in [-0.4, -0.2) is 39.6 Å². The second-order valence-corrected chi connectivity index (χ2v) is 10.7. The Morgan fingerprint density at radius 1 is 1.00 bits per heavy atom. The molecule has 35 heavy (non-hydrogen) atoms. The van der Waals surface area contributed by atoms with E-state index < -0.39 is 0 Å². The second kappa shape index (κ2) is 14.3. The molecule has 0 fully saturated rings. The molecule has 0 aliphatic heterocycles. The molecule has 1 N–H and O–H groups in total. The average molecular weight is 503 g/mol. The fourth-order valence-electron chi connectivity index (χ4n) is 3.86. The number of para-hydroxylation sites is 1. The summed E-state index contributed by atoms with van der Waals surface area (Å²) < 4.78 is 1.68. The lowest BCUT2D eigenvalue weighted by Gasteiger charge is -2.22. The van der Waals surface area contributed by atoms with E-state index >= 15 is 0 Å². The van der Waals surface area contributed by atoms with Crippen LogP contribution in [0.1, 0.15) is 98.1 Å². The Morgan fingerprint density at radius 2 is 1.66 bits per heavy atom. The first-order valence-corrected chi connectivity index (χ1v) is 13.5. The molecule has 0 aliphatic carbocycles. The van der Waals surface area contributed by atoms with Gasteiger partial charge in [-0.05, 0) is 25.0 Å². The summed E-state index contributed by atoms with van der Waals surface area (Å²) in [4.78, 5) is 27.7. The highest BCUT2D eigenvalue weighted by Gasteiger charge is 2.23. The van der Waals surface area contributed by atoms with E-state index in [2.05, 4.69) is 39.9 Å². The lowest BCUT2D eigenvalue weighted by atomic mass is 9.92. The predicted octanol–water partition coefficient (Wildman–Crippen LogP) is 7.14. The molecule has 2 aromatic rings. The molecule has 6 nitrogen and oxygen atoms in total. The summed E-state index contributed by atoms with van der Waals surface area (Å²) in [6, 6.07) is 9.30. The van der Waals surface area contributed by atoms with Gasteiger partial charge >= 0.3 is 0 Å². The summed E-state index contributed by atoms with van der Waals surface area (Å²) in [5, 5.41) is 8.27. The van der Waals surface area contributed by atoms with Gasteiger partial charge in [-0.2, -0.15) is 5.10 Å². The zero-order chi connectivity index (χ0) is 25.8. The Morgan fingerprint density at radius 3 is 2.31 bits per heavy atom. The number of hydrogen-bond acceptors (Lipinski definition) is 3. The topological polar surface area (TPSA) is 67.2 Å². The molecule has 0 saturated carbocycles. The molecule has 1 heterocycles. The van der Waals surface area contributed by atoms with Crippen LogP contribution in [0.2, 0.25) is 5.02 Å². The van der Waals surface area contributed by atoms with E-state index in [1.807, 2.05) is 24.3 Å². The minimum Gasteiger partial charge on any atom is -0.333 e. The number of hydrogen-bond donors (Lipinski definition) is 1. The summed E-state index contributed by atoms with van der Waals surface area (Å²) in [7, 11) is 0. The van der Waals surface area contributed by atoms with Crippen molar-refractivity contribution in [2.75, 3.05) is 18.4 Å². The third-order valence-electron chi connectivity index (χ3n) is 6.04. The minimum absolute atomic E-state index is 0.0349. The highest BCUT2D eigenvalue weighted by atomic mass is 35.5. The standard InChI is InChI=1S/C28H43ClN4O2/c1-6-8-10-11-12-13-18-27(35)32(19-9-7-2)21-26(34)30-25-20-24(28(3,4)5)31-33(25)23-17-15-14-16-22(23)29/h14-17,20H,6-13,18-19,21H2,1-5H3,(H,30,34). The van der Waals surface area contributed by atoms with Gasteiger partial charge in [0.15, 0.2) is 0 Å². The molecule has 1 aromatic heterocycles. The zero-order valence-corrected chi connectivity index (χ0v) is 23.0. The molecule has 2 rings (SSSR count). The highest BCUT2D eigenvalue weighted by molar-refractivity contribution is 6.32. The van der Waals surface area contributed by atoms with Crippen LogP contribution >= 0.6 is 11.6 Å². The maximum absolute atomic E-state index is 13.1. The van der Waals surface area contributed by atoms with Gasteiger partial charge in [0.05, 0.1) is 22.9 Å². The molecule has 0 saturated heterocycles. The van der Waals surface area contributed by atoms with Crippen molar-refractivity contribution >= 4 is 29.2 Å². The Bertz CT molecular complexity index is 949. The fourth-order valence-corrected chi connectivity index (χ4v) is 4.07. The van der Waals surface area contributed by atoms with Crippen molar-refractivity contribution < 1.29 is 9.59 Å². The van der Waals surface area contributed by atoms with Gasteiger partial charge in [-0.15, -0.1) is 0 Å². The number of carbonyl (C=O) groups is 2. The van der Waals surface area contributed by atoms with E-state index in [1.54, 1.807) is 15.6 Å². The van der Waals surface area contributed by atoms with Crippen molar-refractivity contribution in [3.05, 3.63) is 41.0 Å². The normalized spacial score (nSPS) is 11.5. The first-order valence-electron chi connectivity index (χ1n) is 13.1. The molecule has 7 heteroatoms. The van der Waals surface area contributed by atoms with Crippen LogP contribution < -0.4 is 5.32 Å². The largest absolute Gasteiger partial charge is 0.333 e. The number of halogens is 1. The molecule has 194 valence electrons. The van der Waals surface area contributed by atoms with Gasteiger partial charge in [0.2, 0.25) is 11.8 Å². The Labute approximate surface area is 216 Å². The number of anilines is 1. The number of amides is 2. The van der Waals surface area contributed by atoms with Crippen LogP contribution in [0.5, 0.6) is 0 Å². The van der Waals surface area contributed by atoms with E-state index in [0.717, 1.165) is 31.4 Å². The van der Waals surface area contributed by atoms with Gasteiger partial charge in [0, 0.05) is 24.4 Å². The van der Waals surface area contributed by atoms with E-state index in [9.17, 15) is 9.59 Å². The Hall–Kier alpha value is -2.34. The SMILES string of the molecule is CCCCCCCCC(=O)N(CCCC)CC(=O)Nc1cc(C(C)(C)C)nn1-c1ccccc1Cl. The third kappa shape index (κ3) is 9.32. The van der Waals surface area contributed by atoms with Crippen LogP contribution in [0.4, 0.5) is 5.82 Å². The van der Waals surface area contributed by atoms with Crippen LogP contribution in [0, 0.1) is 0 Å². The number of nitrogens with one attached hydrogen (secondary N) is 1. The summed E-state index contributed by atoms with van der Waals surface area (Å²) in [5.74, 6) is 0.372. The molecule has 1 aromatic carbocycles. The molecule has 0 unspecified atom stereocenters. The van der Waals surface area contributed by atoms with Crippen LogP contribution in [-0.2, 0) is 15.0 Å². The first-order chi connectivity index (χ1) is 16.7. The Balaban J connectivity index is 2.11. The minimum atomic E-state index is -0.230. The lowest BCUT2D eigenvalue weighted by Crippen LogP contribution is -2.38. The van der Waals surface area contributed by atoms with E-state index in [0.29, 0.717) is 29.5 Å². The third-order valence-corrected chi connectivity index (χ3v) is 6.36. The summed E-state index contributed by atoms with van der Waals surface area (Å²) in [6.45, 7) is 11.1. The number of nitrogens with zero attached hydrogens (tertiary/aromatic N) is 3. The van der Waals surface area contributed by atoms with Crippen LogP contribution in [0.15, 0.2) is 30.3 Å². The molecular weight excluding hydrogens is 460 g/mol. The van der Waals surface area contributed by atoms with Gasteiger partial charge in [-0.1, -0.05) is 96.9 Å². The molecule has 0 radical (unpaired) electrons. The highest BCUT2D eigenvalue weighted by Crippen LogP contribution is 2.29. The van der Waals surface area contributed by atoms with Crippen molar-refractivity contribution in [1.29, 1.82) is 0 Å². The number of unbranched alkanes of at least 4 members (excludes halogenated alkanes) is 6. The fraction of sp³-hybridized carbons (Fsp3) is 0.607. The van der Waals surface area contributed by atoms with Gasteiger partial charge in [-0.3, -0.25) is 9.59 Å². The lowest BCUT2D eigenvalue weighted by molar-refractivity contribution is -0.134. The summed E-state index contributed by atoms with van der Waals surface area (Å²) in [6.07, 6.45) is 9.13. The number of aromatic nitrogens is 2. The predicted molar refractivity (Wildman–Crippen MR) is 145 cm³/mol. The van der Waals surface area contributed by atoms with Crippen molar-refractivity contribution in [3.63, 3.8) is 0 Å². The van der Waals surface area contributed by atoms with Crippen molar-refractivity contribution in [1.82, 2.24) is 14.7 Å². The molecule has 0 aliphatic rings. The number of carbonyl (C=O) groups excluding carboxylic acids is 2. The summed E-state index contributed by atoms with van der Waals surface area (Å²) in [5.41, 5.74) is 1.34. The monoisotopic (exact) mass is 502 g/mol. The van der Waals surface area contributed by atoms with Gasteiger partial charge < -0.3 is 10.2 Å². The molecule has 0 bridgehead atoms. The van der Waals surface area contributed by atoms with Crippen molar-refractivity contribution in [2.45, 2.75) is 97.8 Å². The maximum atomic E-state index is 13.1. The van der Waals surface area contributed by atoms with E-state index in [4.69, 9.17) is 16.7 Å². The van der Waals surface area contributed by atoms with Gasteiger partial charge in [0.25, 0.3) is 0 Å². The Kier molecular flexibility index (Phi) is 11.8. The molecule has 0 atom stereocenters. The smallest absolute Gasteiger partial charge is 0.245 e. The number of rotatable bonds is 14. The van der Waals surface area contributed by atoms with Crippen molar-refractivity contribution in [3.8, 4) is 5.69 Å². The van der Waals surface area contributed by atoms with E-state index in [1.165, 1.54) is 25.7 Å². The van der Waals surface area contributed by atoms with Crippen LogP contribution in [0.25, 0.3) is 5.69 Å². The summed E-state index contributed by atoms with van der Waals surface area (Å²) >= 11 is 6.44. The maximum Gasteiger partial charge on any atom is 0.245 e. The number of benzene rings is 1. The van der Waals surface area contributed by atoms with Crippen molar-refractivity contribution in [2.24, 2.45) is 0 Å². The molecule has 0 spiro atoms. The second-order valence-electron chi connectivity index (χ2n) is 10.3. The van der Waals surface area contributed by atoms with Gasteiger partial charge in [0.1, 0.15) is 5.82 Å². The molecular formula is C28H43ClN4O2.